The third kappa shape index (κ3) is 2.94. The van der Waals surface area contributed by atoms with Crippen LogP contribution in [0.25, 0.3) is 0 Å². The summed E-state index contributed by atoms with van der Waals surface area (Å²) in [6, 6.07) is 3.16. The second kappa shape index (κ2) is 5.57. The van der Waals surface area contributed by atoms with Crippen molar-refractivity contribution in [3.8, 4) is 0 Å². The van der Waals surface area contributed by atoms with Crippen molar-refractivity contribution in [3.05, 3.63) is 28.3 Å². The fourth-order valence-electron chi connectivity index (χ4n) is 1.45. The third-order valence-corrected chi connectivity index (χ3v) is 5.27. The van der Waals surface area contributed by atoms with Gasteiger partial charge in [-0.1, -0.05) is 18.5 Å². The van der Waals surface area contributed by atoms with Crippen molar-refractivity contribution in [2.45, 2.75) is 24.6 Å². The van der Waals surface area contributed by atoms with Gasteiger partial charge < -0.3 is 0 Å². The van der Waals surface area contributed by atoms with E-state index < -0.39 is 10.0 Å². The fourth-order valence-corrected chi connectivity index (χ4v) is 3.51. The molecule has 17 heavy (non-hydrogen) atoms. The summed E-state index contributed by atoms with van der Waals surface area (Å²) in [7, 11) is -1.95. The summed E-state index contributed by atoms with van der Waals surface area (Å²) in [6.07, 6.45) is 0. The van der Waals surface area contributed by atoms with Crippen molar-refractivity contribution < 1.29 is 8.42 Å². The number of nitrogens with zero attached hydrogens (tertiary/aromatic N) is 1. The van der Waals surface area contributed by atoms with Crippen LogP contribution in [-0.4, -0.2) is 26.3 Å². The maximum absolute atomic E-state index is 12.2. The first-order valence-electron chi connectivity index (χ1n) is 5.16. The van der Waals surface area contributed by atoms with Crippen LogP contribution in [0.3, 0.4) is 0 Å². The smallest absolute Gasteiger partial charge is 0.207 e. The predicted molar refractivity (Wildman–Crippen MR) is 71.2 cm³/mol. The number of hydrogen-bond donors (Lipinski definition) is 0. The standard InChI is InChI=1S/C11H15Cl2NO2S/c1-4-14(3)17(15,16)11-6-10(13)5-9(7-12)8(11)2/h5-6H,4,7H2,1-3H3. The Balaban J connectivity index is 3.47. The first kappa shape index (κ1) is 14.8. The molecule has 0 radical (unpaired) electrons. The lowest BCUT2D eigenvalue weighted by Crippen LogP contribution is -2.27. The van der Waals surface area contributed by atoms with Gasteiger partial charge in [-0.2, -0.15) is 0 Å². The fraction of sp³-hybridized carbons (Fsp3) is 0.455. The Morgan fingerprint density at radius 3 is 2.41 bits per heavy atom. The monoisotopic (exact) mass is 295 g/mol. The van der Waals surface area contributed by atoms with E-state index in [9.17, 15) is 8.42 Å². The van der Waals surface area contributed by atoms with Crippen LogP contribution in [0.5, 0.6) is 0 Å². The second-order valence-electron chi connectivity index (χ2n) is 3.74. The van der Waals surface area contributed by atoms with Gasteiger partial charge >= 0.3 is 0 Å². The van der Waals surface area contributed by atoms with Gasteiger partial charge in [0.15, 0.2) is 0 Å². The van der Waals surface area contributed by atoms with Gasteiger partial charge in [-0.25, -0.2) is 12.7 Å². The van der Waals surface area contributed by atoms with Crippen LogP contribution in [0, 0.1) is 6.92 Å². The van der Waals surface area contributed by atoms with Gasteiger partial charge in [0.05, 0.1) is 4.90 Å². The molecule has 0 spiro atoms. The average Bonchev–Trinajstić information content (AvgIpc) is 2.30. The number of sulfonamides is 1. The summed E-state index contributed by atoms with van der Waals surface area (Å²) >= 11 is 11.7. The molecule has 0 fully saturated rings. The van der Waals surface area contributed by atoms with Gasteiger partial charge in [-0.3, -0.25) is 0 Å². The minimum atomic E-state index is -3.48. The summed E-state index contributed by atoms with van der Waals surface area (Å²) in [5.74, 6) is 0.241. The van der Waals surface area contributed by atoms with Gasteiger partial charge in [0.2, 0.25) is 10.0 Å². The molecule has 0 aliphatic rings. The maximum Gasteiger partial charge on any atom is 0.243 e. The van der Waals surface area contributed by atoms with Gasteiger partial charge in [-0.15, -0.1) is 11.6 Å². The van der Waals surface area contributed by atoms with Gasteiger partial charge in [0.25, 0.3) is 0 Å². The molecule has 0 amide bonds. The first-order chi connectivity index (χ1) is 7.84. The normalized spacial score (nSPS) is 12.1. The van der Waals surface area contributed by atoms with Crippen molar-refractivity contribution in [3.63, 3.8) is 0 Å². The molecule has 96 valence electrons. The molecule has 0 saturated heterocycles. The molecule has 0 aliphatic heterocycles. The zero-order valence-corrected chi connectivity index (χ0v) is 12.3. The van der Waals surface area contributed by atoms with Gasteiger partial charge in [-0.05, 0) is 30.2 Å². The molecule has 0 unspecified atom stereocenters. The minimum Gasteiger partial charge on any atom is -0.207 e. The lowest BCUT2D eigenvalue weighted by atomic mass is 10.1. The van der Waals surface area contributed by atoms with Crippen LogP contribution in [0.4, 0.5) is 0 Å². The van der Waals surface area contributed by atoms with Gasteiger partial charge in [0.1, 0.15) is 0 Å². The van der Waals surface area contributed by atoms with Crippen LogP contribution in [0.15, 0.2) is 17.0 Å². The summed E-state index contributed by atoms with van der Waals surface area (Å²) in [5.41, 5.74) is 1.40. The molecular weight excluding hydrogens is 281 g/mol. The second-order valence-corrected chi connectivity index (χ2v) is 6.46. The molecular formula is C11H15Cl2NO2S. The molecule has 0 atom stereocenters. The molecule has 1 aromatic rings. The molecule has 0 aliphatic carbocycles. The maximum atomic E-state index is 12.2. The van der Waals surface area contributed by atoms with Crippen LogP contribution < -0.4 is 0 Å². The third-order valence-electron chi connectivity index (χ3n) is 2.71. The topological polar surface area (TPSA) is 37.4 Å². The zero-order valence-electron chi connectivity index (χ0n) is 10.00. The Hall–Kier alpha value is -0.290. The molecule has 1 rings (SSSR count). The highest BCUT2D eigenvalue weighted by Crippen LogP contribution is 2.27. The molecule has 0 saturated carbocycles. The molecule has 0 heterocycles. The van der Waals surface area contributed by atoms with E-state index in [1.54, 1.807) is 19.9 Å². The van der Waals surface area contributed by atoms with Crippen molar-refractivity contribution in [1.82, 2.24) is 4.31 Å². The summed E-state index contributed by atoms with van der Waals surface area (Å²) in [4.78, 5) is 0.227. The van der Waals surface area contributed by atoms with Crippen LogP contribution in [0.1, 0.15) is 18.1 Å². The lowest BCUT2D eigenvalue weighted by Gasteiger charge is -2.18. The lowest BCUT2D eigenvalue weighted by molar-refractivity contribution is 0.486. The Labute approximate surface area is 112 Å². The molecule has 3 nitrogen and oxygen atoms in total. The zero-order chi connectivity index (χ0) is 13.2. The van der Waals surface area contributed by atoms with Crippen LogP contribution >= 0.6 is 23.2 Å². The predicted octanol–water partition coefficient (Wildman–Crippen LogP) is 3.03. The Kier molecular flexibility index (Phi) is 4.84. The number of halogens is 2. The van der Waals surface area contributed by atoms with E-state index in [1.165, 1.54) is 17.4 Å². The first-order valence-corrected chi connectivity index (χ1v) is 7.51. The Morgan fingerprint density at radius 1 is 1.35 bits per heavy atom. The quantitative estimate of drug-likeness (QED) is 0.801. The SMILES string of the molecule is CCN(C)S(=O)(=O)c1cc(Cl)cc(CCl)c1C. The summed E-state index contributed by atoms with van der Waals surface area (Å²) < 4.78 is 25.7. The van der Waals surface area contributed by atoms with Crippen molar-refractivity contribution >= 4 is 33.2 Å². The molecule has 0 aromatic heterocycles. The highest BCUT2D eigenvalue weighted by molar-refractivity contribution is 7.89. The highest BCUT2D eigenvalue weighted by atomic mass is 35.5. The average molecular weight is 296 g/mol. The molecule has 0 bridgehead atoms. The van der Waals surface area contributed by atoms with E-state index in [1.807, 2.05) is 0 Å². The van der Waals surface area contributed by atoms with E-state index in [4.69, 9.17) is 23.2 Å². The van der Waals surface area contributed by atoms with Crippen molar-refractivity contribution in [2.24, 2.45) is 0 Å². The Morgan fingerprint density at radius 2 is 1.94 bits per heavy atom. The number of rotatable bonds is 4. The minimum absolute atomic E-state index is 0.227. The van der Waals surface area contributed by atoms with Crippen LogP contribution in [0.2, 0.25) is 5.02 Å². The number of hydrogen-bond acceptors (Lipinski definition) is 2. The van der Waals surface area contributed by atoms with E-state index in [2.05, 4.69) is 0 Å². The Bertz CT molecular complexity index is 514. The molecule has 0 N–H and O–H groups in total. The van der Waals surface area contributed by atoms with E-state index >= 15 is 0 Å². The largest absolute Gasteiger partial charge is 0.243 e. The van der Waals surface area contributed by atoms with Crippen molar-refractivity contribution in [2.75, 3.05) is 13.6 Å². The number of alkyl halides is 1. The van der Waals surface area contributed by atoms with E-state index in [0.29, 0.717) is 17.1 Å². The molecule has 1 aromatic carbocycles. The van der Waals surface area contributed by atoms with E-state index in [0.717, 1.165) is 5.56 Å². The van der Waals surface area contributed by atoms with E-state index in [-0.39, 0.29) is 10.8 Å². The number of benzene rings is 1. The van der Waals surface area contributed by atoms with Crippen molar-refractivity contribution in [1.29, 1.82) is 0 Å². The summed E-state index contributed by atoms with van der Waals surface area (Å²) in [5, 5.41) is 0.384. The van der Waals surface area contributed by atoms with Gasteiger partial charge in [0, 0.05) is 24.5 Å². The summed E-state index contributed by atoms with van der Waals surface area (Å²) in [6.45, 7) is 3.93. The van der Waals surface area contributed by atoms with Crippen LogP contribution in [-0.2, 0) is 15.9 Å². The highest BCUT2D eigenvalue weighted by Gasteiger charge is 2.23. The molecule has 6 heteroatoms.